The van der Waals surface area contributed by atoms with Crippen LogP contribution in [0.3, 0.4) is 0 Å². The Hall–Kier alpha value is -2.85. The third-order valence-electron chi connectivity index (χ3n) is 5.35. The molecule has 3 rings (SSSR count). The molecule has 2 heterocycles. The van der Waals surface area contributed by atoms with E-state index >= 15 is 0 Å². The Bertz CT molecular complexity index is 1060. The van der Waals surface area contributed by atoms with Gasteiger partial charge in [0, 0.05) is 32.3 Å². The Kier molecular flexibility index (Phi) is 7.01. The van der Waals surface area contributed by atoms with Crippen molar-refractivity contribution < 1.29 is 22.7 Å². The van der Waals surface area contributed by atoms with E-state index in [1.807, 2.05) is 31.2 Å². The average molecular weight is 449 g/mol. The molecule has 1 fully saturated rings. The number of benzene rings is 1. The number of carbonyl (C=O) groups excluding carboxylic acids is 2. The maximum Gasteiger partial charge on any atom is 0.265 e. The van der Waals surface area contributed by atoms with Crippen molar-refractivity contribution in [3.05, 3.63) is 47.8 Å². The van der Waals surface area contributed by atoms with Crippen molar-refractivity contribution in [1.82, 2.24) is 14.2 Å². The van der Waals surface area contributed by atoms with Crippen molar-refractivity contribution in [2.75, 3.05) is 26.2 Å². The zero-order valence-electron chi connectivity index (χ0n) is 17.7. The molecule has 0 radical (unpaired) electrons. The molecule has 1 aromatic heterocycles. The van der Waals surface area contributed by atoms with Gasteiger partial charge in [-0.25, -0.2) is 8.42 Å². The van der Waals surface area contributed by atoms with Crippen molar-refractivity contribution in [1.29, 1.82) is 0 Å². The molecule has 31 heavy (non-hydrogen) atoms. The van der Waals surface area contributed by atoms with E-state index in [4.69, 9.17) is 10.5 Å². The quantitative estimate of drug-likeness (QED) is 0.584. The van der Waals surface area contributed by atoms with Crippen LogP contribution in [0.5, 0.6) is 5.75 Å². The summed E-state index contributed by atoms with van der Waals surface area (Å²) in [4.78, 5) is 23.9. The number of nitrogens with zero attached hydrogens (tertiary/aromatic N) is 2. The molecule has 1 aliphatic heterocycles. The maximum absolute atomic E-state index is 12.9. The average Bonchev–Trinajstić information content (AvgIpc) is 3.14. The largest absolute Gasteiger partial charge is 0.492 e. The lowest BCUT2D eigenvalue weighted by molar-refractivity contribution is -0.126. The Morgan fingerprint density at radius 3 is 2.55 bits per heavy atom. The SMILES string of the molecule is Cc1cccc(OCCNC(=O)C2CCN(S(=O)(=O)c3cc(C(N)=O)n(C)c3)CC2)c1. The van der Waals surface area contributed by atoms with Crippen LogP contribution in [-0.4, -0.2) is 55.3 Å². The molecule has 3 N–H and O–H groups in total. The number of rotatable bonds is 8. The minimum Gasteiger partial charge on any atom is -0.492 e. The van der Waals surface area contributed by atoms with Gasteiger partial charge >= 0.3 is 0 Å². The number of primary amides is 1. The summed E-state index contributed by atoms with van der Waals surface area (Å²) < 4.78 is 34.1. The topological polar surface area (TPSA) is 124 Å². The fourth-order valence-corrected chi connectivity index (χ4v) is 5.16. The van der Waals surface area contributed by atoms with E-state index < -0.39 is 15.9 Å². The van der Waals surface area contributed by atoms with Gasteiger partial charge in [-0.05, 0) is 43.5 Å². The van der Waals surface area contributed by atoms with Gasteiger partial charge in [-0.1, -0.05) is 12.1 Å². The van der Waals surface area contributed by atoms with E-state index in [1.165, 1.54) is 21.1 Å². The van der Waals surface area contributed by atoms with Crippen molar-refractivity contribution in [3.8, 4) is 5.75 Å². The summed E-state index contributed by atoms with van der Waals surface area (Å²) >= 11 is 0. The monoisotopic (exact) mass is 448 g/mol. The summed E-state index contributed by atoms with van der Waals surface area (Å²) in [5, 5.41) is 2.86. The van der Waals surface area contributed by atoms with E-state index in [1.54, 1.807) is 7.05 Å². The second-order valence-electron chi connectivity index (χ2n) is 7.67. The van der Waals surface area contributed by atoms with E-state index in [-0.39, 0.29) is 35.5 Å². The lowest BCUT2D eigenvalue weighted by Crippen LogP contribution is -2.43. The number of aromatic nitrogens is 1. The first-order valence-corrected chi connectivity index (χ1v) is 11.6. The molecular formula is C21H28N4O5S. The zero-order chi connectivity index (χ0) is 22.6. The molecule has 0 atom stereocenters. The normalized spacial score (nSPS) is 15.5. The van der Waals surface area contributed by atoms with Crippen molar-refractivity contribution >= 4 is 21.8 Å². The number of aryl methyl sites for hydroxylation is 2. The molecule has 2 aromatic rings. The highest BCUT2D eigenvalue weighted by Crippen LogP contribution is 2.25. The van der Waals surface area contributed by atoms with E-state index in [2.05, 4.69) is 5.32 Å². The molecule has 1 aromatic carbocycles. The fraction of sp³-hybridized carbons (Fsp3) is 0.429. The first-order valence-electron chi connectivity index (χ1n) is 10.1. The Morgan fingerprint density at radius 2 is 1.94 bits per heavy atom. The lowest BCUT2D eigenvalue weighted by atomic mass is 9.97. The number of piperidine rings is 1. The van der Waals surface area contributed by atoms with Crippen molar-refractivity contribution in [2.24, 2.45) is 18.7 Å². The third kappa shape index (κ3) is 5.45. The summed E-state index contributed by atoms with van der Waals surface area (Å²) in [6.45, 7) is 3.20. The van der Waals surface area contributed by atoms with Crippen molar-refractivity contribution in [2.45, 2.75) is 24.7 Å². The molecule has 0 bridgehead atoms. The molecule has 0 unspecified atom stereocenters. The molecule has 1 saturated heterocycles. The van der Waals surface area contributed by atoms with Gasteiger partial charge in [0.15, 0.2) is 0 Å². The Morgan fingerprint density at radius 1 is 1.23 bits per heavy atom. The highest BCUT2D eigenvalue weighted by Gasteiger charge is 2.33. The summed E-state index contributed by atoms with van der Waals surface area (Å²) in [6, 6.07) is 8.97. The number of amides is 2. The van der Waals surface area contributed by atoms with Gasteiger partial charge in [0.1, 0.15) is 22.9 Å². The van der Waals surface area contributed by atoms with Gasteiger partial charge in [-0.3, -0.25) is 9.59 Å². The summed E-state index contributed by atoms with van der Waals surface area (Å²) in [6.07, 6.45) is 2.24. The van der Waals surface area contributed by atoms with Gasteiger partial charge < -0.3 is 20.4 Å². The van der Waals surface area contributed by atoms with E-state index in [0.29, 0.717) is 26.0 Å². The van der Waals surface area contributed by atoms with Gasteiger partial charge in [0.05, 0.1) is 6.54 Å². The van der Waals surface area contributed by atoms with Gasteiger partial charge in [0.25, 0.3) is 5.91 Å². The lowest BCUT2D eigenvalue weighted by Gasteiger charge is -2.30. The fourth-order valence-electron chi connectivity index (χ4n) is 3.62. The molecule has 0 saturated carbocycles. The summed E-state index contributed by atoms with van der Waals surface area (Å²) in [7, 11) is -2.18. The van der Waals surface area contributed by atoms with Crippen LogP contribution in [0, 0.1) is 12.8 Å². The number of hydrogen-bond donors (Lipinski definition) is 2. The van der Waals surface area contributed by atoms with Crippen LogP contribution in [0.15, 0.2) is 41.4 Å². The van der Waals surface area contributed by atoms with Crippen LogP contribution in [-0.2, 0) is 21.9 Å². The van der Waals surface area contributed by atoms with Gasteiger partial charge in [-0.2, -0.15) is 4.31 Å². The summed E-state index contributed by atoms with van der Waals surface area (Å²) in [5.74, 6) is -0.276. The second-order valence-corrected chi connectivity index (χ2v) is 9.61. The van der Waals surface area contributed by atoms with Crippen LogP contribution >= 0.6 is 0 Å². The third-order valence-corrected chi connectivity index (χ3v) is 7.22. The van der Waals surface area contributed by atoms with Crippen LogP contribution in [0.1, 0.15) is 28.9 Å². The predicted molar refractivity (Wildman–Crippen MR) is 115 cm³/mol. The standard InChI is InChI=1S/C21H28N4O5S/c1-15-4-3-5-17(12-15)30-11-8-23-21(27)16-6-9-25(10-7-16)31(28,29)18-13-19(20(22)26)24(2)14-18/h3-5,12-14,16H,6-11H2,1-2H3,(H2,22,26)(H,23,27). The molecule has 2 amide bonds. The molecule has 9 nitrogen and oxygen atoms in total. The highest BCUT2D eigenvalue weighted by molar-refractivity contribution is 7.89. The number of hydrogen-bond acceptors (Lipinski definition) is 5. The first-order chi connectivity index (χ1) is 14.7. The number of sulfonamides is 1. The minimum absolute atomic E-state index is 0.0278. The smallest absolute Gasteiger partial charge is 0.265 e. The minimum atomic E-state index is -3.75. The van der Waals surface area contributed by atoms with Gasteiger partial charge in [0.2, 0.25) is 15.9 Å². The Labute approximate surface area is 182 Å². The molecular weight excluding hydrogens is 420 g/mol. The number of nitrogens with one attached hydrogen (secondary N) is 1. The molecule has 10 heteroatoms. The van der Waals surface area contributed by atoms with Crippen LogP contribution in [0.25, 0.3) is 0 Å². The summed E-state index contributed by atoms with van der Waals surface area (Å²) in [5.41, 5.74) is 6.50. The van der Waals surface area contributed by atoms with Gasteiger partial charge in [-0.15, -0.1) is 0 Å². The molecule has 0 aliphatic carbocycles. The Balaban J connectivity index is 1.47. The first kappa shape index (κ1) is 22.8. The number of carbonyl (C=O) groups is 2. The molecule has 168 valence electrons. The van der Waals surface area contributed by atoms with E-state index in [0.717, 1.165) is 11.3 Å². The number of ether oxygens (including phenoxy) is 1. The number of nitrogens with two attached hydrogens (primary N) is 1. The molecule has 1 aliphatic rings. The zero-order valence-corrected chi connectivity index (χ0v) is 18.5. The second kappa shape index (κ2) is 9.52. The van der Waals surface area contributed by atoms with Crippen LogP contribution in [0.2, 0.25) is 0 Å². The predicted octanol–water partition coefficient (Wildman–Crippen LogP) is 1.03. The van der Waals surface area contributed by atoms with Crippen molar-refractivity contribution in [3.63, 3.8) is 0 Å². The van der Waals surface area contributed by atoms with Crippen LogP contribution in [0.4, 0.5) is 0 Å². The highest BCUT2D eigenvalue weighted by atomic mass is 32.2. The molecule has 0 spiro atoms. The van der Waals surface area contributed by atoms with Crippen LogP contribution < -0.4 is 15.8 Å². The maximum atomic E-state index is 12.9. The van der Waals surface area contributed by atoms with E-state index in [9.17, 15) is 18.0 Å².